The Kier molecular flexibility index (Phi) is 2.99. The summed E-state index contributed by atoms with van der Waals surface area (Å²) in [5.41, 5.74) is 1.09. The molecule has 1 aromatic rings. The maximum Gasteiger partial charge on any atom is 0.210 e. The molecule has 1 aliphatic rings. The van der Waals surface area contributed by atoms with Crippen molar-refractivity contribution in [2.75, 3.05) is 24.5 Å². The molecule has 1 atom stereocenters. The van der Waals surface area contributed by atoms with Crippen LogP contribution >= 0.6 is 0 Å². The summed E-state index contributed by atoms with van der Waals surface area (Å²) in [6.07, 6.45) is 0.916. The molecule has 1 aliphatic heterocycles. The van der Waals surface area contributed by atoms with E-state index in [2.05, 4.69) is 4.90 Å². The number of carbonyl (C=O) groups is 1. The first kappa shape index (κ1) is 10.8. The molecule has 1 N–H and O–H groups in total. The van der Waals surface area contributed by atoms with Gasteiger partial charge in [-0.05, 0) is 31.2 Å². The summed E-state index contributed by atoms with van der Waals surface area (Å²) < 4.78 is 0. The zero-order valence-corrected chi connectivity index (χ0v) is 9.34. The van der Waals surface area contributed by atoms with E-state index in [4.69, 9.17) is 0 Å². The Morgan fingerprint density at radius 3 is 2.56 bits per heavy atom. The third kappa shape index (κ3) is 2.10. The Morgan fingerprint density at radius 2 is 2.00 bits per heavy atom. The van der Waals surface area contributed by atoms with E-state index >= 15 is 0 Å². The molecule has 4 nitrogen and oxygen atoms in total. The van der Waals surface area contributed by atoms with E-state index in [0.717, 1.165) is 31.7 Å². The highest BCUT2D eigenvalue weighted by molar-refractivity contribution is 5.52. The van der Waals surface area contributed by atoms with Crippen molar-refractivity contribution < 1.29 is 9.90 Å². The van der Waals surface area contributed by atoms with Gasteiger partial charge in [0, 0.05) is 31.4 Å². The fraction of sp³-hybridized carbons (Fsp3) is 0.417. The quantitative estimate of drug-likeness (QED) is 0.758. The first-order valence-electron chi connectivity index (χ1n) is 5.45. The van der Waals surface area contributed by atoms with Crippen molar-refractivity contribution in [3.63, 3.8) is 0 Å². The van der Waals surface area contributed by atoms with Gasteiger partial charge >= 0.3 is 0 Å². The molecule has 2 rings (SSSR count). The van der Waals surface area contributed by atoms with Crippen LogP contribution in [-0.2, 0) is 4.79 Å². The number of nitrogens with zero attached hydrogens (tertiary/aromatic N) is 2. The topological polar surface area (TPSA) is 43.8 Å². The van der Waals surface area contributed by atoms with E-state index in [9.17, 15) is 9.90 Å². The van der Waals surface area contributed by atoms with Gasteiger partial charge in [0.05, 0.1) is 0 Å². The Hall–Kier alpha value is -1.71. The smallest absolute Gasteiger partial charge is 0.210 e. The second-order valence-electron chi connectivity index (χ2n) is 4.15. The van der Waals surface area contributed by atoms with Crippen molar-refractivity contribution in [1.82, 2.24) is 4.90 Å². The van der Waals surface area contributed by atoms with Crippen LogP contribution in [0.15, 0.2) is 24.3 Å². The van der Waals surface area contributed by atoms with Crippen molar-refractivity contribution >= 4 is 12.1 Å². The lowest BCUT2D eigenvalue weighted by Crippen LogP contribution is -2.51. The second kappa shape index (κ2) is 4.43. The number of phenolic OH excluding ortho intramolecular Hbond substituents is 1. The van der Waals surface area contributed by atoms with Crippen molar-refractivity contribution in [3.05, 3.63) is 24.3 Å². The summed E-state index contributed by atoms with van der Waals surface area (Å²) in [7, 11) is 0. The Balaban J connectivity index is 2.07. The van der Waals surface area contributed by atoms with Gasteiger partial charge in [-0.15, -0.1) is 0 Å². The first-order chi connectivity index (χ1) is 7.70. The SMILES string of the molecule is CC1CN(c2ccc(O)cc2)CCN1C=O. The molecular formula is C12H16N2O2. The average molecular weight is 220 g/mol. The van der Waals surface area contributed by atoms with Gasteiger partial charge in [-0.1, -0.05) is 0 Å². The molecule has 1 saturated heterocycles. The summed E-state index contributed by atoms with van der Waals surface area (Å²) >= 11 is 0. The van der Waals surface area contributed by atoms with Crippen molar-refractivity contribution in [2.24, 2.45) is 0 Å². The number of benzene rings is 1. The summed E-state index contributed by atoms with van der Waals surface area (Å²) in [4.78, 5) is 14.8. The number of rotatable bonds is 2. The molecule has 1 unspecified atom stereocenters. The summed E-state index contributed by atoms with van der Waals surface area (Å²) in [5.74, 6) is 0.281. The normalized spacial score (nSPS) is 20.9. The molecule has 0 aliphatic carbocycles. The molecule has 1 fully saturated rings. The number of hydrogen-bond acceptors (Lipinski definition) is 3. The van der Waals surface area contributed by atoms with Gasteiger partial charge in [-0.25, -0.2) is 0 Å². The van der Waals surface area contributed by atoms with Crippen LogP contribution in [0.2, 0.25) is 0 Å². The molecule has 16 heavy (non-hydrogen) atoms. The predicted molar refractivity (Wildman–Crippen MR) is 62.6 cm³/mol. The zero-order valence-electron chi connectivity index (χ0n) is 9.34. The highest BCUT2D eigenvalue weighted by atomic mass is 16.3. The van der Waals surface area contributed by atoms with Gasteiger partial charge in [0.2, 0.25) is 6.41 Å². The summed E-state index contributed by atoms with van der Waals surface area (Å²) in [6.45, 7) is 4.48. The van der Waals surface area contributed by atoms with Crippen molar-refractivity contribution in [2.45, 2.75) is 13.0 Å². The minimum absolute atomic E-state index is 0.236. The van der Waals surface area contributed by atoms with Crippen LogP contribution in [0.3, 0.4) is 0 Å². The van der Waals surface area contributed by atoms with Gasteiger partial charge in [-0.2, -0.15) is 0 Å². The maximum absolute atomic E-state index is 10.7. The van der Waals surface area contributed by atoms with Crippen LogP contribution in [0.4, 0.5) is 5.69 Å². The molecule has 0 radical (unpaired) electrons. The molecule has 0 saturated carbocycles. The lowest BCUT2D eigenvalue weighted by molar-refractivity contribution is -0.120. The zero-order chi connectivity index (χ0) is 11.5. The number of carbonyl (C=O) groups excluding carboxylic acids is 1. The number of hydrogen-bond donors (Lipinski definition) is 1. The van der Waals surface area contributed by atoms with Crippen molar-refractivity contribution in [3.8, 4) is 5.75 Å². The third-order valence-electron chi connectivity index (χ3n) is 3.03. The minimum Gasteiger partial charge on any atom is -0.508 e. The molecule has 0 spiro atoms. The highest BCUT2D eigenvalue weighted by Gasteiger charge is 2.22. The Morgan fingerprint density at radius 1 is 1.31 bits per heavy atom. The molecule has 4 heteroatoms. The lowest BCUT2D eigenvalue weighted by Gasteiger charge is -2.39. The molecule has 86 valence electrons. The largest absolute Gasteiger partial charge is 0.508 e. The second-order valence-corrected chi connectivity index (χ2v) is 4.15. The van der Waals surface area contributed by atoms with Gasteiger partial charge in [-0.3, -0.25) is 4.79 Å². The molecule has 1 amide bonds. The average Bonchev–Trinajstić information content (AvgIpc) is 2.30. The predicted octanol–water partition coefficient (Wildman–Crippen LogP) is 1.06. The molecule has 0 aromatic heterocycles. The standard InChI is InChI=1S/C12H16N2O2/c1-10-8-13(6-7-14(10)9-15)11-2-4-12(16)5-3-11/h2-5,9-10,16H,6-8H2,1H3. The number of anilines is 1. The first-order valence-corrected chi connectivity index (χ1v) is 5.45. The van der Waals surface area contributed by atoms with E-state index in [-0.39, 0.29) is 11.8 Å². The highest BCUT2D eigenvalue weighted by Crippen LogP contribution is 2.21. The molecule has 1 heterocycles. The van der Waals surface area contributed by atoms with E-state index in [1.807, 2.05) is 24.0 Å². The van der Waals surface area contributed by atoms with E-state index in [1.54, 1.807) is 12.1 Å². The van der Waals surface area contributed by atoms with E-state index < -0.39 is 0 Å². The molecule has 1 aromatic carbocycles. The summed E-state index contributed by atoms with van der Waals surface area (Å²) in [5, 5.41) is 9.21. The van der Waals surface area contributed by atoms with E-state index in [0.29, 0.717) is 0 Å². The van der Waals surface area contributed by atoms with Gasteiger partial charge < -0.3 is 14.9 Å². The van der Waals surface area contributed by atoms with Crippen LogP contribution in [0.25, 0.3) is 0 Å². The number of piperazine rings is 1. The number of aromatic hydroxyl groups is 1. The van der Waals surface area contributed by atoms with Crippen LogP contribution < -0.4 is 4.90 Å². The fourth-order valence-electron chi connectivity index (χ4n) is 2.03. The van der Waals surface area contributed by atoms with Crippen LogP contribution in [0, 0.1) is 0 Å². The van der Waals surface area contributed by atoms with Crippen LogP contribution in [0.1, 0.15) is 6.92 Å². The number of amides is 1. The Bertz CT molecular complexity index is 364. The fourth-order valence-corrected chi connectivity index (χ4v) is 2.03. The summed E-state index contributed by atoms with van der Waals surface area (Å²) in [6, 6.07) is 7.41. The Labute approximate surface area is 95.1 Å². The molecular weight excluding hydrogens is 204 g/mol. The van der Waals surface area contributed by atoms with Crippen LogP contribution in [0.5, 0.6) is 5.75 Å². The van der Waals surface area contributed by atoms with Gasteiger partial charge in [0.1, 0.15) is 5.75 Å². The van der Waals surface area contributed by atoms with E-state index in [1.165, 1.54) is 0 Å². The number of phenols is 1. The molecule has 0 bridgehead atoms. The monoisotopic (exact) mass is 220 g/mol. The minimum atomic E-state index is 0.236. The van der Waals surface area contributed by atoms with Crippen LogP contribution in [-0.4, -0.2) is 42.1 Å². The maximum atomic E-state index is 10.7. The third-order valence-corrected chi connectivity index (χ3v) is 3.03. The van der Waals surface area contributed by atoms with Gasteiger partial charge in [0.15, 0.2) is 0 Å². The van der Waals surface area contributed by atoms with Gasteiger partial charge in [0.25, 0.3) is 0 Å². The van der Waals surface area contributed by atoms with Crippen molar-refractivity contribution in [1.29, 1.82) is 0 Å². The lowest BCUT2D eigenvalue weighted by atomic mass is 10.2.